The average molecular weight is 1240 g/mol. The molecule has 0 nitrogen and oxygen atoms in total. The molecule has 15 rings (SSSR count). The highest BCUT2D eigenvalue weighted by molar-refractivity contribution is 5.93. The van der Waals surface area contributed by atoms with Gasteiger partial charge in [-0.2, -0.15) is 0 Å². The van der Waals surface area contributed by atoms with Crippen LogP contribution in [0.4, 0.5) is 0 Å². The Kier molecular flexibility index (Phi) is 16.7. The zero-order valence-electron chi connectivity index (χ0n) is 59.1. The molecule has 0 aliphatic heterocycles. The van der Waals surface area contributed by atoms with Crippen molar-refractivity contribution in [2.24, 2.45) is 0 Å². The van der Waals surface area contributed by atoms with Crippen LogP contribution in [0.5, 0.6) is 0 Å². The largest absolute Gasteiger partial charge is 0.0653 e. The highest BCUT2D eigenvalue weighted by atomic mass is 14.5. The van der Waals surface area contributed by atoms with Crippen LogP contribution >= 0.6 is 0 Å². The standard InChI is InChI=1S/C95H102/c1-11-45-91(46-12-2)81-27-23-21-25-71(81)73-37-29-63(55-83(73)91)65-31-39-75-77-41-33-67(59-87(77)93(49-15-5,50-16-6)85(75)57-65)69-35-43-79-80-44-36-70(62-90(80)95(53-19-9,54-20-10)89(79)61-69)68-34-42-78-76-40-32-66(58-86(76)94(51-17-7,52-18-8)88(78)60-68)64-30-38-74-72-26-22-24-28-82(72)92(47-13-3,48-14-4)84(74)56-64/h21-44,55-62H,11-20,45-54H2,1-10H3. The summed E-state index contributed by atoms with van der Waals surface area (Å²) in [6, 6.07) is 79.3. The van der Waals surface area contributed by atoms with E-state index in [9.17, 15) is 0 Å². The van der Waals surface area contributed by atoms with Crippen molar-refractivity contribution < 1.29 is 0 Å². The van der Waals surface area contributed by atoms with Crippen LogP contribution in [0.1, 0.15) is 253 Å². The van der Waals surface area contributed by atoms with Gasteiger partial charge in [-0.25, -0.2) is 0 Å². The summed E-state index contributed by atoms with van der Waals surface area (Å²) in [5.41, 5.74) is 40.5. The molecule has 5 aliphatic rings. The lowest BCUT2D eigenvalue weighted by molar-refractivity contribution is 0.435. The fourth-order valence-corrected chi connectivity index (χ4v) is 21.4. The van der Waals surface area contributed by atoms with Gasteiger partial charge in [0.1, 0.15) is 0 Å². The maximum Gasteiger partial charge on any atom is 0.0215 e. The zero-order chi connectivity index (χ0) is 65.4. The van der Waals surface area contributed by atoms with Crippen molar-refractivity contribution in [3.8, 4) is 100 Å². The van der Waals surface area contributed by atoms with Crippen LogP contribution in [0, 0.1) is 0 Å². The van der Waals surface area contributed by atoms with Gasteiger partial charge in [-0.15, -0.1) is 0 Å². The molecule has 0 aromatic heterocycles. The van der Waals surface area contributed by atoms with E-state index in [1.807, 2.05) is 0 Å². The van der Waals surface area contributed by atoms with Crippen molar-refractivity contribution in [2.45, 2.75) is 225 Å². The zero-order valence-corrected chi connectivity index (χ0v) is 59.1. The number of hydrogen-bond donors (Lipinski definition) is 0. The van der Waals surface area contributed by atoms with E-state index in [4.69, 9.17) is 0 Å². The molecule has 0 fully saturated rings. The molecule has 0 unspecified atom stereocenters. The molecule has 10 aromatic rings. The Balaban J connectivity index is 0.776. The molecule has 10 aromatic carbocycles. The summed E-state index contributed by atoms with van der Waals surface area (Å²) in [6.07, 6.45) is 23.1. The molecule has 0 spiro atoms. The lowest BCUT2D eigenvalue weighted by Crippen LogP contribution is -2.25. The monoisotopic (exact) mass is 1240 g/mol. The first-order chi connectivity index (χ1) is 46.5. The SMILES string of the molecule is CCCC1(CCC)c2ccccc2-c2ccc(-c3ccc4c(c3)C(CCC)(CCC)c3cc(-c5ccc6c(c5)C(CCC)(CCC)c5cc(-c7ccc8c(c7)C(CCC)(CCC)c7cc(-c9ccc%10c(c9)C(CCC)(CCC)c9ccccc9-%10)ccc7-8)ccc5-6)ccc3-4)cc21. The van der Waals surface area contributed by atoms with Crippen LogP contribution in [0.25, 0.3) is 100 Å². The fourth-order valence-electron chi connectivity index (χ4n) is 21.4. The summed E-state index contributed by atoms with van der Waals surface area (Å²) in [7, 11) is 0. The molecule has 0 radical (unpaired) electrons. The Bertz CT molecular complexity index is 4270. The summed E-state index contributed by atoms with van der Waals surface area (Å²) < 4.78 is 0. The maximum atomic E-state index is 2.66. The quantitative estimate of drug-likeness (QED) is 0.0566. The second kappa shape index (κ2) is 25.0. The van der Waals surface area contributed by atoms with Crippen molar-refractivity contribution >= 4 is 0 Å². The van der Waals surface area contributed by atoms with E-state index in [1.165, 1.54) is 196 Å². The Morgan fingerprint density at radius 2 is 0.295 bits per heavy atom. The van der Waals surface area contributed by atoms with Crippen molar-refractivity contribution in [1.82, 2.24) is 0 Å². The third-order valence-electron chi connectivity index (χ3n) is 24.7. The first kappa shape index (κ1) is 63.3. The molecule has 0 bridgehead atoms. The van der Waals surface area contributed by atoms with Gasteiger partial charge >= 0.3 is 0 Å². The van der Waals surface area contributed by atoms with Gasteiger partial charge in [0.25, 0.3) is 0 Å². The van der Waals surface area contributed by atoms with Gasteiger partial charge in [0.2, 0.25) is 0 Å². The van der Waals surface area contributed by atoms with E-state index in [1.54, 1.807) is 11.1 Å². The van der Waals surface area contributed by atoms with Crippen molar-refractivity contribution in [2.75, 3.05) is 0 Å². The molecule has 0 saturated carbocycles. The lowest BCUT2D eigenvalue weighted by atomic mass is 9.69. The second-order valence-corrected chi connectivity index (χ2v) is 30.1. The van der Waals surface area contributed by atoms with Gasteiger partial charge in [-0.3, -0.25) is 0 Å². The smallest absolute Gasteiger partial charge is 0.0215 e. The molecule has 0 heterocycles. The van der Waals surface area contributed by atoms with Gasteiger partial charge in [-0.05, 0) is 269 Å². The second-order valence-electron chi connectivity index (χ2n) is 30.1. The van der Waals surface area contributed by atoms with E-state index < -0.39 is 0 Å². The summed E-state index contributed by atoms with van der Waals surface area (Å²) >= 11 is 0. The normalized spacial score (nSPS) is 15.9. The van der Waals surface area contributed by atoms with Crippen molar-refractivity contribution in [1.29, 1.82) is 0 Å². The molecular weight excluding hydrogens is 1140 g/mol. The van der Waals surface area contributed by atoms with E-state index in [-0.39, 0.29) is 27.1 Å². The third kappa shape index (κ3) is 9.46. The summed E-state index contributed by atoms with van der Waals surface area (Å²) in [4.78, 5) is 0. The van der Waals surface area contributed by atoms with Crippen LogP contribution in [-0.2, 0) is 27.1 Å². The van der Waals surface area contributed by atoms with E-state index in [0.29, 0.717) is 0 Å². The number of fused-ring (bicyclic) bond motifs is 15. The highest BCUT2D eigenvalue weighted by Gasteiger charge is 2.48. The number of benzene rings is 10. The van der Waals surface area contributed by atoms with Gasteiger partial charge in [-0.1, -0.05) is 279 Å². The fraction of sp³-hybridized carbons (Fsp3) is 0.368. The molecule has 0 atom stereocenters. The first-order valence-corrected chi connectivity index (χ1v) is 37.9. The lowest BCUT2D eigenvalue weighted by Gasteiger charge is -2.33. The Labute approximate surface area is 571 Å². The number of rotatable bonds is 24. The average Bonchev–Trinajstić information content (AvgIpc) is 1.58. The minimum atomic E-state index is -0.0740. The molecular formula is C95H102. The predicted molar refractivity (Wildman–Crippen MR) is 408 cm³/mol. The van der Waals surface area contributed by atoms with E-state index in [2.05, 4.69) is 263 Å². The summed E-state index contributed by atoms with van der Waals surface area (Å²) in [6.45, 7) is 24.0. The highest BCUT2D eigenvalue weighted by Crippen LogP contribution is 2.62. The summed E-state index contributed by atoms with van der Waals surface area (Å²) in [5, 5.41) is 0. The molecule has 5 aliphatic carbocycles. The predicted octanol–water partition coefficient (Wildman–Crippen LogP) is 27.7. The van der Waals surface area contributed by atoms with Crippen LogP contribution in [-0.4, -0.2) is 0 Å². The van der Waals surface area contributed by atoms with Crippen molar-refractivity contribution in [3.05, 3.63) is 250 Å². The van der Waals surface area contributed by atoms with Gasteiger partial charge in [0.05, 0.1) is 0 Å². The Hall–Kier alpha value is -7.80. The van der Waals surface area contributed by atoms with Crippen LogP contribution in [0.2, 0.25) is 0 Å². The van der Waals surface area contributed by atoms with Crippen LogP contribution in [0.15, 0.2) is 194 Å². The Morgan fingerprint density at radius 1 is 0.158 bits per heavy atom. The first-order valence-electron chi connectivity index (χ1n) is 37.9. The van der Waals surface area contributed by atoms with Crippen LogP contribution < -0.4 is 0 Å². The van der Waals surface area contributed by atoms with Gasteiger partial charge in [0, 0.05) is 27.1 Å². The van der Waals surface area contributed by atoms with Crippen LogP contribution in [0.3, 0.4) is 0 Å². The minimum absolute atomic E-state index is 0.0539. The molecule has 0 N–H and O–H groups in total. The topological polar surface area (TPSA) is 0 Å². The summed E-state index contributed by atoms with van der Waals surface area (Å²) in [5.74, 6) is 0. The van der Waals surface area contributed by atoms with Gasteiger partial charge < -0.3 is 0 Å². The third-order valence-corrected chi connectivity index (χ3v) is 24.7. The molecule has 0 saturated heterocycles. The van der Waals surface area contributed by atoms with E-state index in [0.717, 1.165) is 77.0 Å². The Morgan fingerprint density at radius 3 is 0.453 bits per heavy atom. The molecule has 95 heavy (non-hydrogen) atoms. The minimum Gasteiger partial charge on any atom is -0.0653 e. The van der Waals surface area contributed by atoms with Gasteiger partial charge in [0.15, 0.2) is 0 Å². The van der Waals surface area contributed by atoms with E-state index >= 15 is 0 Å². The maximum absolute atomic E-state index is 2.66. The molecule has 0 amide bonds. The molecule has 482 valence electrons. The molecule has 0 heteroatoms. The van der Waals surface area contributed by atoms with Crippen molar-refractivity contribution in [3.63, 3.8) is 0 Å². The number of hydrogen-bond acceptors (Lipinski definition) is 0.